The number of benzene rings is 1. The van der Waals surface area contributed by atoms with E-state index in [2.05, 4.69) is 23.6 Å². The molecule has 0 aromatic heterocycles. The molecule has 18 heavy (non-hydrogen) atoms. The number of nitrogens with one attached hydrogen (secondary N) is 2. The van der Waals surface area contributed by atoms with Gasteiger partial charge in [-0.2, -0.15) is 0 Å². The largest absolute Gasteiger partial charge is 0.325 e. The lowest BCUT2D eigenvalue weighted by Crippen LogP contribution is -2.37. The zero-order valence-corrected chi connectivity index (χ0v) is 11.6. The van der Waals surface area contributed by atoms with Gasteiger partial charge in [-0.25, -0.2) is 0 Å². The van der Waals surface area contributed by atoms with E-state index < -0.39 is 0 Å². The highest BCUT2D eigenvalue weighted by Crippen LogP contribution is 2.27. The van der Waals surface area contributed by atoms with Gasteiger partial charge >= 0.3 is 0 Å². The first kappa shape index (κ1) is 13.4. The molecule has 1 heterocycles. The molecule has 0 aliphatic carbocycles. The molecule has 2 rings (SSSR count). The SMILES string of the molecule is CCSc1ccccc1NC(=O)C1CCCNC1. The average Bonchev–Trinajstić information content (AvgIpc) is 2.42. The first-order valence-electron chi connectivity index (χ1n) is 6.54. The van der Waals surface area contributed by atoms with Gasteiger partial charge in [0, 0.05) is 11.4 Å². The number of rotatable bonds is 4. The molecule has 2 N–H and O–H groups in total. The second kappa shape index (κ2) is 6.81. The number of hydrogen-bond donors (Lipinski definition) is 2. The zero-order valence-electron chi connectivity index (χ0n) is 10.7. The quantitative estimate of drug-likeness (QED) is 0.822. The van der Waals surface area contributed by atoms with E-state index in [1.54, 1.807) is 11.8 Å². The molecule has 4 heteroatoms. The summed E-state index contributed by atoms with van der Waals surface area (Å²) in [4.78, 5) is 13.3. The summed E-state index contributed by atoms with van der Waals surface area (Å²) in [6, 6.07) is 8.01. The molecule has 1 aliphatic heterocycles. The number of anilines is 1. The Labute approximate surface area is 113 Å². The minimum absolute atomic E-state index is 0.110. The van der Waals surface area contributed by atoms with E-state index in [1.807, 2.05) is 18.2 Å². The smallest absolute Gasteiger partial charge is 0.228 e. The highest BCUT2D eigenvalue weighted by molar-refractivity contribution is 7.99. The third-order valence-electron chi connectivity index (χ3n) is 3.11. The standard InChI is InChI=1S/C14H20N2OS/c1-2-18-13-8-4-3-7-12(13)16-14(17)11-6-5-9-15-10-11/h3-4,7-8,11,15H,2,5-6,9-10H2,1H3,(H,16,17). The molecular weight excluding hydrogens is 244 g/mol. The normalized spacial score (nSPS) is 19.5. The van der Waals surface area contributed by atoms with Crippen molar-refractivity contribution in [2.75, 3.05) is 24.2 Å². The number of amides is 1. The van der Waals surface area contributed by atoms with Crippen molar-refractivity contribution < 1.29 is 4.79 Å². The van der Waals surface area contributed by atoms with Crippen LogP contribution in [0.1, 0.15) is 19.8 Å². The maximum atomic E-state index is 12.2. The maximum Gasteiger partial charge on any atom is 0.228 e. The average molecular weight is 264 g/mol. The van der Waals surface area contributed by atoms with Crippen LogP contribution in [0.15, 0.2) is 29.2 Å². The number of thioether (sulfide) groups is 1. The van der Waals surface area contributed by atoms with Crippen molar-refractivity contribution >= 4 is 23.4 Å². The van der Waals surface area contributed by atoms with Gasteiger partial charge in [0.15, 0.2) is 0 Å². The zero-order chi connectivity index (χ0) is 12.8. The molecule has 1 unspecified atom stereocenters. The molecule has 98 valence electrons. The monoisotopic (exact) mass is 264 g/mol. The molecule has 1 atom stereocenters. The van der Waals surface area contributed by atoms with E-state index in [-0.39, 0.29) is 11.8 Å². The van der Waals surface area contributed by atoms with E-state index in [1.165, 1.54) is 0 Å². The second-order valence-electron chi connectivity index (χ2n) is 4.46. The molecular formula is C14H20N2OS. The number of para-hydroxylation sites is 1. The van der Waals surface area contributed by atoms with E-state index in [0.29, 0.717) is 0 Å². The van der Waals surface area contributed by atoms with Crippen LogP contribution < -0.4 is 10.6 Å². The highest BCUT2D eigenvalue weighted by Gasteiger charge is 2.21. The molecule has 1 aromatic rings. The van der Waals surface area contributed by atoms with Gasteiger partial charge in [0.1, 0.15) is 0 Å². The summed E-state index contributed by atoms with van der Waals surface area (Å²) in [5.74, 6) is 1.27. The summed E-state index contributed by atoms with van der Waals surface area (Å²) < 4.78 is 0. The number of piperidine rings is 1. The minimum atomic E-state index is 0.110. The fourth-order valence-electron chi connectivity index (χ4n) is 2.16. The predicted molar refractivity (Wildman–Crippen MR) is 77.1 cm³/mol. The third-order valence-corrected chi connectivity index (χ3v) is 4.07. The topological polar surface area (TPSA) is 41.1 Å². The first-order chi connectivity index (χ1) is 8.81. The fourth-order valence-corrected chi connectivity index (χ4v) is 2.92. The number of carbonyl (C=O) groups is 1. The lowest BCUT2D eigenvalue weighted by atomic mass is 9.99. The maximum absolute atomic E-state index is 12.2. The fraction of sp³-hybridized carbons (Fsp3) is 0.500. The van der Waals surface area contributed by atoms with E-state index in [9.17, 15) is 4.79 Å². The summed E-state index contributed by atoms with van der Waals surface area (Å²) in [7, 11) is 0. The first-order valence-corrected chi connectivity index (χ1v) is 7.53. The van der Waals surface area contributed by atoms with Gasteiger partial charge in [-0.05, 0) is 37.3 Å². The van der Waals surface area contributed by atoms with Crippen molar-refractivity contribution in [3.05, 3.63) is 24.3 Å². The van der Waals surface area contributed by atoms with Crippen LogP contribution >= 0.6 is 11.8 Å². The molecule has 0 saturated carbocycles. The molecule has 0 radical (unpaired) electrons. The van der Waals surface area contributed by atoms with Crippen LogP contribution in [-0.2, 0) is 4.79 Å². The molecule has 1 saturated heterocycles. The Bertz CT molecular complexity index is 403. The van der Waals surface area contributed by atoms with Crippen LogP contribution in [0, 0.1) is 5.92 Å². The number of hydrogen-bond acceptors (Lipinski definition) is 3. The molecule has 3 nitrogen and oxygen atoms in total. The van der Waals surface area contributed by atoms with Crippen molar-refractivity contribution in [1.82, 2.24) is 5.32 Å². The highest BCUT2D eigenvalue weighted by atomic mass is 32.2. The van der Waals surface area contributed by atoms with Crippen LogP contribution in [0.3, 0.4) is 0 Å². The van der Waals surface area contributed by atoms with Gasteiger partial charge in [0.25, 0.3) is 0 Å². The third kappa shape index (κ3) is 3.50. The van der Waals surface area contributed by atoms with Gasteiger partial charge in [-0.1, -0.05) is 19.1 Å². The lowest BCUT2D eigenvalue weighted by molar-refractivity contribution is -0.120. The Morgan fingerprint density at radius 1 is 1.50 bits per heavy atom. The van der Waals surface area contributed by atoms with E-state index >= 15 is 0 Å². The minimum Gasteiger partial charge on any atom is -0.325 e. The molecule has 1 aromatic carbocycles. The summed E-state index contributed by atoms with van der Waals surface area (Å²) in [5, 5.41) is 6.34. The van der Waals surface area contributed by atoms with Crippen molar-refractivity contribution in [1.29, 1.82) is 0 Å². The summed E-state index contributed by atoms with van der Waals surface area (Å²) in [6.45, 7) is 3.95. The van der Waals surface area contributed by atoms with Crippen molar-refractivity contribution in [2.45, 2.75) is 24.7 Å². The summed E-state index contributed by atoms with van der Waals surface area (Å²) in [6.07, 6.45) is 2.07. The Balaban J connectivity index is 2.01. The predicted octanol–water partition coefficient (Wildman–Crippen LogP) is 2.74. The van der Waals surface area contributed by atoms with Gasteiger partial charge < -0.3 is 10.6 Å². The Kier molecular flexibility index (Phi) is 5.08. The molecule has 0 bridgehead atoms. The van der Waals surface area contributed by atoms with E-state index in [4.69, 9.17) is 0 Å². The molecule has 1 amide bonds. The van der Waals surface area contributed by atoms with Gasteiger partial charge in [-0.3, -0.25) is 4.79 Å². The molecule has 1 fully saturated rings. The van der Waals surface area contributed by atoms with Crippen molar-refractivity contribution in [3.63, 3.8) is 0 Å². The molecule has 0 spiro atoms. The van der Waals surface area contributed by atoms with Gasteiger partial charge in [0.05, 0.1) is 11.6 Å². The second-order valence-corrected chi connectivity index (χ2v) is 5.77. The van der Waals surface area contributed by atoms with Gasteiger partial charge in [-0.15, -0.1) is 11.8 Å². The summed E-state index contributed by atoms with van der Waals surface area (Å²) in [5.41, 5.74) is 0.944. The summed E-state index contributed by atoms with van der Waals surface area (Å²) >= 11 is 1.76. The van der Waals surface area contributed by atoms with Crippen LogP contribution in [0.5, 0.6) is 0 Å². The van der Waals surface area contributed by atoms with Crippen LogP contribution in [0.4, 0.5) is 5.69 Å². The lowest BCUT2D eigenvalue weighted by Gasteiger charge is -2.22. The number of carbonyl (C=O) groups excluding carboxylic acids is 1. The molecule has 1 aliphatic rings. The Hall–Kier alpha value is -1.00. The Morgan fingerprint density at radius 3 is 3.06 bits per heavy atom. The van der Waals surface area contributed by atoms with Crippen LogP contribution in [-0.4, -0.2) is 24.7 Å². The van der Waals surface area contributed by atoms with Crippen molar-refractivity contribution in [2.24, 2.45) is 5.92 Å². The Morgan fingerprint density at radius 2 is 2.33 bits per heavy atom. The van der Waals surface area contributed by atoms with Crippen LogP contribution in [0.25, 0.3) is 0 Å². The van der Waals surface area contributed by atoms with E-state index in [0.717, 1.165) is 42.3 Å². The van der Waals surface area contributed by atoms with Crippen molar-refractivity contribution in [3.8, 4) is 0 Å². The van der Waals surface area contributed by atoms with Crippen LogP contribution in [0.2, 0.25) is 0 Å². The van der Waals surface area contributed by atoms with Gasteiger partial charge in [0.2, 0.25) is 5.91 Å².